The number of hydrogen-bond donors (Lipinski definition) is 2. The molecule has 35 heavy (non-hydrogen) atoms. The Labute approximate surface area is 206 Å². The van der Waals surface area contributed by atoms with Gasteiger partial charge in [0.15, 0.2) is 0 Å². The van der Waals surface area contributed by atoms with Gasteiger partial charge in [0.2, 0.25) is 11.8 Å². The standard InChI is InChI=1S/C26H35N5O4/c32-22-9-8-21(24(33)28-22)31-25(34)20-7-1-6-19(23(20)26(31)35)17-30-14-12-29(13-15-30)11-3-5-18-4-2-10-27-16-18/h1,6-7,18,21,27H,2-5,8-17H2,(H,28,32,33). The zero-order valence-corrected chi connectivity index (χ0v) is 20.3. The highest BCUT2D eigenvalue weighted by molar-refractivity contribution is 6.24. The molecule has 2 unspecified atom stereocenters. The second-order valence-corrected chi connectivity index (χ2v) is 10.3. The first-order valence-electron chi connectivity index (χ1n) is 13.0. The molecule has 0 aliphatic carbocycles. The minimum Gasteiger partial charge on any atom is -0.316 e. The van der Waals surface area contributed by atoms with Crippen molar-refractivity contribution in [1.29, 1.82) is 0 Å². The summed E-state index contributed by atoms with van der Waals surface area (Å²) in [5, 5.41) is 5.75. The van der Waals surface area contributed by atoms with E-state index in [0.29, 0.717) is 17.7 Å². The lowest BCUT2D eigenvalue weighted by atomic mass is 9.94. The molecule has 2 N–H and O–H groups in total. The molecule has 1 aromatic rings. The largest absolute Gasteiger partial charge is 0.316 e. The summed E-state index contributed by atoms with van der Waals surface area (Å²) in [5.41, 5.74) is 1.59. The Morgan fingerprint density at radius 2 is 1.74 bits per heavy atom. The number of piperazine rings is 1. The van der Waals surface area contributed by atoms with Gasteiger partial charge in [-0.15, -0.1) is 0 Å². The first-order chi connectivity index (χ1) is 17.0. The average Bonchev–Trinajstić information content (AvgIpc) is 3.12. The Bertz CT molecular complexity index is 997. The zero-order chi connectivity index (χ0) is 24.4. The highest BCUT2D eigenvalue weighted by Crippen LogP contribution is 2.30. The third kappa shape index (κ3) is 5.17. The minimum absolute atomic E-state index is 0.124. The number of nitrogens with zero attached hydrogens (tertiary/aromatic N) is 3. The van der Waals surface area contributed by atoms with Crippen LogP contribution in [-0.2, 0) is 16.1 Å². The SMILES string of the molecule is O=C1CCC(N2C(=O)c3cccc(CN4CCN(CCCC5CCCNC5)CC4)c3C2=O)C(=O)N1. The summed E-state index contributed by atoms with van der Waals surface area (Å²) in [7, 11) is 0. The number of imide groups is 2. The van der Waals surface area contributed by atoms with Crippen molar-refractivity contribution < 1.29 is 19.2 Å². The lowest BCUT2D eigenvalue weighted by molar-refractivity contribution is -0.136. The van der Waals surface area contributed by atoms with E-state index >= 15 is 0 Å². The van der Waals surface area contributed by atoms with Gasteiger partial charge in [-0.05, 0) is 69.3 Å². The molecule has 9 heteroatoms. The van der Waals surface area contributed by atoms with Crippen molar-refractivity contribution in [2.45, 2.75) is 51.1 Å². The van der Waals surface area contributed by atoms with E-state index in [4.69, 9.17) is 0 Å². The van der Waals surface area contributed by atoms with Crippen LogP contribution in [0.25, 0.3) is 0 Å². The lowest BCUT2D eigenvalue weighted by Crippen LogP contribution is -2.54. The second kappa shape index (κ2) is 10.6. The minimum atomic E-state index is -0.930. The van der Waals surface area contributed by atoms with E-state index in [1.54, 1.807) is 6.07 Å². The summed E-state index contributed by atoms with van der Waals surface area (Å²) in [6.45, 7) is 7.93. The predicted octanol–water partition coefficient (Wildman–Crippen LogP) is 0.985. The van der Waals surface area contributed by atoms with Gasteiger partial charge in [-0.1, -0.05) is 12.1 Å². The van der Waals surface area contributed by atoms with Crippen LogP contribution in [0.3, 0.4) is 0 Å². The van der Waals surface area contributed by atoms with Crippen LogP contribution in [-0.4, -0.2) is 90.2 Å². The molecule has 4 heterocycles. The van der Waals surface area contributed by atoms with Crippen LogP contribution in [0.2, 0.25) is 0 Å². The van der Waals surface area contributed by atoms with Gasteiger partial charge >= 0.3 is 0 Å². The van der Waals surface area contributed by atoms with Gasteiger partial charge in [-0.3, -0.25) is 34.3 Å². The Hall–Kier alpha value is -2.62. The summed E-state index contributed by atoms with van der Waals surface area (Å²) in [6.07, 6.45) is 5.48. The van der Waals surface area contributed by atoms with Crippen molar-refractivity contribution in [2.24, 2.45) is 5.92 Å². The van der Waals surface area contributed by atoms with Crippen molar-refractivity contribution in [2.75, 3.05) is 45.8 Å². The molecule has 0 radical (unpaired) electrons. The number of piperidine rings is 2. The van der Waals surface area contributed by atoms with Gasteiger partial charge in [0.25, 0.3) is 11.8 Å². The molecule has 0 aromatic heterocycles. The summed E-state index contributed by atoms with van der Waals surface area (Å²) in [4.78, 5) is 56.1. The molecular formula is C26H35N5O4. The summed E-state index contributed by atoms with van der Waals surface area (Å²) >= 11 is 0. The molecule has 9 nitrogen and oxygen atoms in total. The maximum atomic E-state index is 13.3. The van der Waals surface area contributed by atoms with Gasteiger partial charge in [-0.25, -0.2) is 0 Å². The Morgan fingerprint density at radius 3 is 2.49 bits per heavy atom. The molecular weight excluding hydrogens is 446 g/mol. The summed E-state index contributed by atoms with van der Waals surface area (Å²) in [6, 6.07) is 4.44. The second-order valence-electron chi connectivity index (χ2n) is 10.3. The molecule has 0 saturated carbocycles. The third-order valence-corrected chi connectivity index (χ3v) is 7.90. The molecule has 2 atom stereocenters. The van der Waals surface area contributed by atoms with Crippen LogP contribution in [0, 0.1) is 5.92 Å². The van der Waals surface area contributed by atoms with Crippen LogP contribution in [0.1, 0.15) is 64.8 Å². The first-order valence-corrected chi connectivity index (χ1v) is 13.0. The number of amides is 4. The number of benzene rings is 1. The Morgan fingerprint density at radius 1 is 0.943 bits per heavy atom. The fourth-order valence-corrected chi connectivity index (χ4v) is 5.90. The van der Waals surface area contributed by atoms with Crippen molar-refractivity contribution in [1.82, 2.24) is 25.3 Å². The third-order valence-electron chi connectivity index (χ3n) is 7.90. The van der Waals surface area contributed by atoms with Crippen LogP contribution in [0.5, 0.6) is 0 Å². The molecule has 4 aliphatic heterocycles. The van der Waals surface area contributed by atoms with Gasteiger partial charge in [0, 0.05) is 39.1 Å². The molecule has 4 aliphatic rings. The molecule has 3 fully saturated rings. The van der Waals surface area contributed by atoms with Gasteiger partial charge in [0.05, 0.1) is 11.1 Å². The number of nitrogens with one attached hydrogen (secondary N) is 2. The van der Waals surface area contributed by atoms with Gasteiger partial charge < -0.3 is 10.2 Å². The topological polar surface area (TPSA) is 102 Å². The predicted molar refractivity (Wildman–Crippen MR) is 130 cm³/mol. The number of carbonyl (C=O) groups is 4. The molecule has 0 spiro atoms. The van der Waals surface area contributed by atoms with Crippen molar-refractivity contribution >= 4 is 23.6 Å². The first kappa shape index (κ1) is 24.1. The highest BCUT2D eigenvalue weighted by Gasteiger charge is 2.45. The number of carbonyl (C=O) groups excluding carboxylic acids is 4. The average molecular weight is 482 g/mol. The maximum absolute atomic E-state index is 13.3. The van der Waals surface area contributed by atoms with E-state index in [9.17, 15) is 19.2 Å². The number of hydrogen-bond acceptors (Lipinski definition) is 7. The normalized spacial score (nSPS) is 26.2. The fraction of sp³-hybridized carbons (Fsp3) is 0.615. The van der Waals surface area contributed by atoms with E-state index in [2.05, 4.69) is 20.4 Å². The molecule has 188 valence electrons. The maximum Gasteiger partial charge on any atom is 0.262 e. The van der Waals surface area contributed by atoms with E-state index in [0.717, 1.165) is 62.2 Å². The van der Waals surface area contributed by atoms with E-state index < -0.39 is 23.8 Å². The zero-order valence-electron chi connectivity index (χ0n) is 20.3. The Kier molecular flexibility index (Phi) is 7.27. The van der Waals surface area contributed by atoms with Crippen molar-refractivity contribution in [3.8, 4) is 0 Å². The Balaban J connectivity index is 1.17. The quantitative estimate of drug-likeness (QED) is 0.560. The van der Waals surface area contributed by atoms with Crippen molar-refractivity contribution in [3.05, 3.63) is 34.9 Å². The molecule has 5 rings (SSSR count). The molecule has 0 bridgehead atoms. The lowest BCUT2D eigenvalue weighted by Gasteiger charge is -2.35. The van der Waals surface area contributed by atoms with Crippen LogP contribution < -0.4 is 10.6 Å². The molecule has 1 aromatic carbocycles. The van der Waals surface area contributed by atoms with Gasteiger partial charge in [-0.2, -0.15) is 0 Å². The van der Waals surface area contributed by atoms with E-state index in [1.165, 1.54) is 25.7 Å². The summed E-state index contributed by atoms with van der Waals surface area (Å²) in [5.74, 6) is -0.989. The molecule has 4 amide bonds. The van der Waals surface area contributed by atoms with E-state index in [1.807, 2.05) is 12.1 Å². The van der Waals surface area contributed by atoms with E-state index in [-0.39, 0.29) is 18.7 Å². The number of rotatable bonds is 7. The highest BCUT2D eigenvalue weighted by atomic mass is 16.2. The van der Waals surface area contributed by atoms with Crippen LogP contribution >= 0.6 is 0 Å². The fourth-order valence-electron chi connectivity index (χ4n) is 5.90. The number of fused-ring (bicyclic) bond motifs is 1. The smallest absolute Gasteiger partial charge is 0.262 e. The van der Waals surface area contributed by atoms with Crippen LogP contribution in [0.4, 0.5) is 0 Å². The van der Waals surface area contributed by atoms with Gasteiger partial charge in [0.1, 0.15) is 6.04 Å². The monoisotopic (exact) mass is 481 g/mol. The summed E-state index contributed by atoms with van der Waals surface area (Å²) < 4.78 is 0. The molecule has 3 saturated heterocycles. The van der Waals surface area contributed by atoms with Crippen molar-refractivity contribution in [3.63, 3.8) is 0 Å². The van der Waals surface area contributed by atoms with Crippen LogP contribution in [0.15, 0.2) is 18.2 Å².